The molecule has 0 aliphatic rings. The molecule has 0 atom stereocenters. The van der Waals surface area contributed by atoms with Gasteiger partial charge < -0.3 is 19.0 Å². The molecule has 1 aromatic carbocycles. The Balaban J connectivity index is 1.57. The molecule has 0 aliphatic heterocycles. The van der Waals surface area contributed by atoms with Crippen molar-refractivity contribution in [2.75, 3.05) is 7.04 Å². The molecule has 3 rings (SSSR count). The van der Waals surface area contributed by atoms with Gasteiger partial charge in [0.05, 0.1) is 22.4 Å². The van der Waals surface area contributed by atoms with Crippen molar-refractivity contribution in [2.24, 2.45) is 0 Å². The van der Waals surface area contributed by atoms with Crippen molar-refractivity contribution in [1.29, 1.82) is 0 Å². The average Bonchev–Trinajstić information content (AvgIpc) is 3.27. The summed E-state index contributed by atoms with van der Waals surface area (Å²) in [7, 11) is -2.78. The predicted molar refractivity (Wildman–Crippen MR) is 132 cm³/mol. The average molecular weight is 517 g/mol. The number of ether oxygens (including phenoxy) is 2. The standard InChI is InChI=1S/C26H24FNO7S/c1-16(13-20-15-28-26(36-20)35-18-11-9-17(27)10-12-18)24(31)23-21(29)14-19(34-25(23)32)7-5-3-4-6-8-22(30)33-2/h4,6,9-15,29H,3,5,7-8H2,1-2H3/b6-4+,16-13+/i2D3. The van der Waals surface area contributed by atoms with Gasteiger partial charge >= 0.3 is 11.6 Å². The smallest absolute Gasteiger partial charge is 0.351 e. The van der Waals surface area contributed by atoms with Crippen molar-refractivity contribution in [3.05, 3.63) is 86.7 Å². The van der Waals surface area contributed by atoms with Crippen molar-refractivity contribution >= 4 is 29.2 Å². The zero-order valence-electron chi connectivity index (χ0n) is 22.2. The lowest BCUT2D eigenvalue weighted by Crippen LogP contribution is -2.16. The molecule has 0 amide bonds. The number of halogens is 1. The summed E-state index contributed by atoms with van der Waals surface area (Å²) < 4.78 is 48.6. The number of unbranched alkanes of at least 4 members (excludes halogenated alkanes) is 1. The molecule has 0 fully saturated rings. The molecule has 0 saturated carbocycles. The minimum Gasteiger partial charge on any atom is -0.507 e. The summed E-state index contributed by atoms with van der Waals surface area (Å²) in [5.41, 5.74) is -1.31. The van der Waals surface area contributed by atoms with Crippen LogP contribution in [0.4, 0.5) is 4.39 Å². The second-order valence-electron chi connectivity index (χ2n) is 7.54. The van der Waals surface area contributed by atoms with Crippen LogP contribution < -0.4 is 10.4 Å². The maximum Gasteiger partial charge on any atom is 0.351 e. The van der Waals surface area contributed by atoms with E-state index >= 15 is 0 Å². The largest absolute Gasteiger partial charge is 0.507 e. The third-order valence-corrected chi connectivity index (χ3v) is 5.63. The number of aryl methyl sites for hydroxylation is 1. The molecular formula is C26H24FNO7S. The summed E-state index contributed by atoms with van der Waals surface area (Å²) in [6, 6.07) is 6.61. The van der Waals surface area contributed by atoms with Gasteiger partial charge in [0, 0.05) is 18.7 Å². The highest BCUT2D eigenvalue weighted by Gasteiger charge is 2.20. The van der Waals surface area contributed by atoms with Gasteiger partial charge in [-0.2, -0.15) is 0 Å². The maximum absolute atomic E-state index is 13.0. The fourth-order valence-corrected chi connectivity index (χ4v) is 3.84. The van der Waals surface area contributed by atoms with Gasteiger partial charge in [0.25, 0.3) is 5.19 Å². The first-order chi connectivity index (χ1) is 18.4. The number of thiazole rings is 1. The van der Waals surface area contributed by atoms with Gasteiger partial charge in [-0.05, 0) is 55.7 Å². The first-order valence-corrected chi connectivity index (χ1v) is 11.6. The van der Waals surface area contributed by atoms with Crippen LogP contribution in [0.15, 0.2) is 63.5 Å². The topological polar surface area (TPSA) is 116 Å². The van der Waals surface area contributed by atoms with Gasteiger partial charge in [-0.3, -0.25) is 9.59 Å². The fourth-order valence-electron chi connectivity index (χ4n) is 3.06. The van der Waals surface area contributed by atoms with Crippen LogP contribution in [-0.2, 0) is 16.0 Å². The van der Waals surface area contributed by atoms with Crippen molar-refractivity contribution in [3.63, 3.8) is 0 Å². The van der Waals surface area contributed by atoms with Gasteiger partial charge in [0.2, 0.25) is 0 Å². The van der Waals surface area contributed by atoms with Crippen LogP contribution in [0.3, 0.4) is 0 Å². The van der Waals surface area contributed by atoms with Crippen LogP contribution in [0, 0.1) is 5.82 Å². The first-order valence-electron chi connectivity index (χ1n) is 12.3. The molecule has 0 unspecified atom stereocenters. The molecular weight excluding hydrogens is 489 g/mol. The summed E-state index contributed by atoms with van der Waals surface area (Å²) >= 11 is 1.13. The number of methoxy groups -OCH3 is 1. The van der Waals surface area contributed by atoms with Crippen molar-refractivity contribution in [1.82, 2.24) is 4.98 Å². The molecule has 188 valence electrons. The van der Waals surface area contributed by atoms with Crippen LogP contribution in [0.25, 0.3) is 6.08 Å². The quantitative estimate of drug-likeness (QED) is 0.117. The summed E-state index contributed by atoms with van der Waals surface area (Å²) in [6.07, 6.45) is 7.14. The number of rotatable bonds is 11. The molecule has 0 saturated heterocycles. The maximum atomic E-state index is 13.0. The number of aromatic nitrogens is 1. The lowest BCUT2D eigenvalue weighted by atomic mass is 10.0. The Morgan fingerprint density at radius 1 is 1.28 bits per heavy atom. The summed E-state index contributed by atoms with van der Waals surface area (Å²) in [5, 5.41) is 10.6. The Bertz CT molecular complexity index is 1440. The lowest BCUT2D eigenvalue weighted by molar-refractivity contribution is -0.139. The van der Waals surface area contributed by atoms with E-state index < -0.39 is 41.5 Å². The van der Waals surface area contributed by atoms with Crippen LogP contribution in [0.2, 0.25) is 0 Å². The van der Waals surface area contributed by atoms with Gasteiger partial charge in [0.15, 0.2) is 5.78 Å². The molecule has 36 heavy (non-hydrogen) atoms. The van der Waals surface area contributed by atoms with Gasteiger partial charge in [-0.15, -0.1) is 0 Å². The molecule has 1 N–H and O–H groups in total. The van der Waals surface area contributed by atoms with E-state index in [-0.39, 0.29) is 29.4 Å². The van der Waals surface area contributed by atoms with E-state index in [0.29, 0.717) is 23.5 Å². The molecule has 0 aliphatic carbocycles. The number of nitrogens with zero attached hydrogens (tertiary/aromatic N) is 1. The number of allylic oxidation sites excluding steroid dienone is 2. The number of carbonyl (C=O) groups excluding carboxylic acids is 2. The van der Waals surface area contributed by atoms with Crippen molar-refractivity contribution < 1.29 is 37.1 Å². The molecule has 8 nitrogen and oxygen atoms in total. The normalized spacial score (nSPS) is 13.2. The molecule has 0 spiro atoms. The number of aromatic hydroxyl groups is 1. The van der Waals surface area contributed by atoms with E-state index in [2.05, 4.69) is 9.72 Å². The van der Waals surface area contributed by atoms with E-state index in [4.69, 9.17) is 13.3 Å². The van der Waals surface area contributed by atoms with Crippen molar-refractivity contribution in [2.45, 2.75) is 32.6 Å². The molecule has 2 heterocycles. The number of carbonyl (C=O) groups is 2. The Kier molecular flexibility index (Phi) is 7.84. The van der Waals surface area contributed by atoms with E-state index in [0.717, 1.165) is 11.3 Å². The number of esters is 1. The van der Waals surface area contributed by atoms with Crippen molar-refractivity contribution in [3.8, 4) is 16.7 Å². The lowest BCUT2D eigenvalue weighted by Gasteiger charge is -2.05. The predicted octanol–water partition coefficient (Wildman–Crippen LogP) is 5.46. The van der Waals surface area contributed by atoms with Crippen LogP contribution in [0.1, 0.15) is 51.3 Å². The monoisotopic (exact) mass is 516 g/mol. The Morgan fingerprint density at radius 2 is 2.06 bits per heavy atom. The Hall–Kier alpha value is -4.05. The molecule has 0 bridgehead atoms. The zero-order chi connectivity index (χ0) is 28.6. The fraction of sp³-hybridized carbons (Fsp3) is 0.231. The summed E-state index contributed by atoms with van der Waals surface area (Å²) in [6.45, 7) is 1.48. The van der Waals surface area contributed by atoms with Crippen LogP contribution in [0.5, 0.6) is 16.7 Å². The Labute approximate surface area is 214 Å². The summed E-state index contributed by atoms with van der Waals surface area (Å²) in [5.74, 6) is -1.93. The highest BCUT2D eigenvalue weighted by molar-refractivity contribution is 7.14. The molecule has 0 radical (unpaired) electrons. The highest BCUT2D eigenvalue weighted by atomic mass is 32.1. The number of ketones is 1. The van der Waals surface area contributed by atoms with E-state index in [1.165, 1.54) is 55.6 Å². The third-order valence-electron chi connectivity index (χ3n) is 4.81. The molecule has 2 aromatic heterocycles. The number of benzene rings is 1. The van der Waals surface area contributed by atoms with Gasteiger partial charge in [-0.25, -0.2) is 14.2 Å². The minimum atomic E-state index is -2.78. The van der Waals surface area contributed by atoms with E-state index in [1.54, 1.807) is 6.08 Å². The second kappa shape index (κ2) is 12.6. The highest BCUT2D eigenvalue weighted by Crippen LogP contribution is 2.29. The Morgan fingerprint density at radius 3 is 2.78 bits per heavy atom. The molecule has 3 aromatic rings. The van der Waals surface area contributed by atoms with Crippen LogP contribution in [-0.4, -0.2) is 28.9 Å². The minimum absolute atomic E-state index is 0.157. The molecule has 10 heteroatoms. The zero-order valence-corrected chi connectivity index (χ0v) is 20.0. The van der Waals surface area contributed by atoms with Crippen LogP contribution >= 0.6 is 11.3 Å². The van der Waals surface area contributed by atoms with E-state index in [9.17, 15) is 23.9 Å². The number of Topliss-reactive ketones (excluding diaryl/α,β-unsaturated/α-hetero) is 1. The summed E-state index contributed by atoms with van der Waals surface area (Å²) in [4.78, 5) is 41.3. The second-order valence-corrected chi connectivity index (χ2v) is 8.57. The van der Waals surface area contributed by atoms with E-state index in [1.807, 2.05) is 0 Å². The van der Waals surface area contributed by atoms with Gasteiger partial charge in [-0.1, -0.05) is 23.5 Å². The number of hydrogen-bond acceptors (Lipinski definition) is 9. The first kappa shape index (κ1) is 22.4. The number of hydrogen-bond donors (Lipinski definition) is 1. The van der Waals surface area contributed by atoms with Gasteiger partial charge in [0.1, 0.15) is 28.6 Å². The third kappa shape index (κ3) is 7.47. The SMILES string of the molecule is [2H]C([2H])([2H])OC(=O)C/C=C/CCCc1cc(O)c(C(=O)/C(C)=C/c2cnc(Oc3ccc(F)cc3)s2)c(=O)o1.